The van der Waals surface area contributed by atoms with Gasteiger partial charge in [0.05, 0.1) is 10.5 Å². The molecule has 42 heavy (non-hydrogen) atoms. The van der Waals surface area contributed by atoms with Gasteiger partial charge in [-0.15, -0.1) is 0 Å². The molecule has 3 atom stereocenters. The predicted molar refractivity (Wildman–Crippen MR) is 163 cm³/mol. The van der Waals surface area contributed by atoms with Crippen molar-refractivity contribution in [3.05, 3.63) is 59.2 Å². The Balaban J connectivity index is 1.08. The summed E-state index contributed by atoms with van der Waals surface area (Å²) in [4.78, 5) is 23.9. The highest BCUT2D eigenvalue weighted by atomic mass is 32.2. The first kappa shape index (κ1) is 29.4. The van der Waals surface area contributed by atoms with Crippen LogP contribution in [-0.4, -0.2) is 116 Å². The standard InChI is InChI=1S/C31H42N6O4S/c1-31(9-3-4-24(21-32-31)30(38)33-39)36-14-16-37(17-15-36)42(40,41)28-7-5-23(6-8-28)25-18-26-20-29(26)27(19-25)22-35-12-10-34(2)11-13-35/h4-8,18-19,21,26,29,39H,3,9-17,20,22H2,1-2H3,(H,33,38). The molecule has 5 aliphatic rings. The molecule has 6 rings (SSSR count). The largest absolute Gasteiger partial charge is 0.304 e. The number of carbonyl (C=O) groups excluding carboxylic acids is 1. The summed E-state index contributed by atoms with van der Waals surface area (Å²) in [5, 5.41) is 8.94. The fourth-order valence-electron chi connectivity index (χ4n) is 6.68. The Morgan fingerprint density at radius 2 is 1.79 bits per heavy atom. The van der Waals surface area contributed by atoms with Crippen LogP contribution in [0.25, 0.3) is 5.57 Å². The number of rotatable bonds is 7. The number of hydrogen-bond acceptors (Lipinski definition) is 8. The van der Waals surface area contributed by atoms with Crippen molar-refractivity contribution in [3.8, 4) is 0 Å². The van der Waals surface area contributed by atoms with Crippen molar-refractivity contribution in [2.45, 2.75) is 36.7 Å². The molecule has 3 fully saturated rings. The Labute approximate surface area is 249 Å². The first-order valence-corrected chi connectivity index (χ1v) is 16.5. The lowest BCUT2D eigenvalue weighted by Crippen LogP contribution is -2.56. The van der Waals surface area contributed by atoms with Crippen LogP contribution in [0.15, 0.2) is 63.5 Å². The van der Waals surface area contributed by atoms with Crippen LogP contribution in [0, 0.1) is 11.8 Å². The molecule has 1 saturated carbocycles. The van der Waals surface area contributed by atoms with E-state index in [1.165, 1.54) is 23.8 Å². The molecular formula is C31H42N6O4S. The van der Waals surface area contributed by atoms with Crippen molar-refractivity contribution in [2.75, 3.05) is 66.0 Å². The molecule has 11 heteroatoms. The average molecular weight is 595 g/mol. The van der Waals surface area contributed by atoms with Gasteiger partial charge in [0, 0.05) is 65.1 Å². The van der Waals surface area contributed by atoms with Gasteiger partial charge in [-0.3, -0.25) is 24.8 Å². The number of fused-ring (bicyclic) bond motifs is 1. The molecule has 1 amide bonds. The number of nitrogens with zero attached hydrogens (tertiary/aromatic N) is 5. The summed E-state index contributed by atoms with van der Waals surface area (Å²) in [6.45, 7) is 9.33. The predicted octanol–water partition coefficient (Wildman–Crippen LogP) is 2.21. The van der Waals surface area contributed by atoms with Gasteiger partial charge in [-0.05, 0) is 68.3 Å². The van der Waals surface area contributed by atoms with E-state index in [-0.39, 0.29) is 0 Å². The molecule has 10 nitrogen and oxygen atoms in total. The van der Waals surface area contributed by atoms with E-state index in [4.69, 9.17) is 5.21 Å². The lowest BCUT2D eigenvalue weighted by molar-refractivity contribution is -0.124. The number of hydrogen-bond donors (Lipinski definition) is 2. The lowest BCUT2D eigenvalue weighted by Gasteiger charge is -2.43. The topological polar surface area (TPSA) is 109 Å². The summed E-state index contributed by atoms with van der Waals surface area (Å²) >= 11 is 0. The van der Waals surface area contributed by atoms with Crippen LogP contribution < -0.4 is 5.48 Å². The van der Waals surface area contributed by atoms with Gasteiger partial charge in [-0.25, -0.2) is 13.9 Å². The summed E-state index contributed by atoms with van der Waals surface area (Å²) in [5.41, 5.74) is 5.24. The molecule has 0 radical (unpaired) electrons. The molecule has 1 aromatic rings. The third-order valence-electron chi connectivity index (χ3n) is 9.63. The molecule has 0 spiro atoms. The second-order valence-electron chi connectivity index (χ2n) is 12.5. The number of allylic oxidation sites excluding steroid dienone is 4. The van der Waals surface area contributed by atoms with Crippen LogP contribution in [0.1, 0.15) is 31.7 Å². The van der Waals surface area contributed by atoms with Crippen LogP contribution in [0.2, 0.25) is 0 Å². The molecule has 0 bridgehead atoms. The maximum atomic E-state index is 13.6. The minimum Gasteiger partial charge on any atom is -0.304 e. The highest BCUT2D eigenvalue weighted by Gasteiger charge is 2.41. The van der Waals surface area contributed by atoms with E-state index in [1.807, 2.05) is 19.1 Å². The van der Waals surface area contributed by atoms with Crippen molar-refractivity contribution in [3.63, 3.8) is 0 Å². The van der Waals surface area contributed by atoms with Gasteiger partial charge in [-0.1, -0.05) is 35.9 Å². The number of likely N-dealkylation sites (N-methyl/N-ethyl adjacent to an activating group) is 1. The minimum absolute atomic E-state index is 0.324. The normalized spacial score (nSPS) is 29.6. The van der Waals surface area contributed by atoms with Crippen LogP contribution >= 0.6 is 0 Å². The Hall–Kier alpha value is -2.67. The minimum atomic E-state index is -3.62. The molecule has 3 aliphatic heterocycles. The fraction of sp³-hybridized carbons (Fsp3) is 0.548. The number of amides is 1. The molecule has 3 unspecified atom stereocenters. The number of nitrogens with one attached hydrogen (secondary N) is 1. The monoisotopic (exact) mass is 594 g/mol. The molecule has 2 N–H and O–H groups in total. The van der Waals surface area contributed by atoms with Gasteiger partial charge in [0.15, 0.2) is 0 Å². The Morgan fingerprint density at radius 3 is 2.48 bits per heavy atom. The van der Waals surface area contributed by atoms with Crippen molar-refractivity contribution < 1.29 is 18.4 Å². The van der Waals surface area contributed by atoms with Crippen molar-refractivity contribution in [1.82, 2.24) is 24.5 Å². The summed E-state index contributed by atoms with van der Waals surface area (Å²) in [6, 6.07) is 7.41. The van der Waals surface area contributed by atoms with Crippen LogP contribution in [-0.2, 0) is 14.8 Å². The van der Waals surface area contributed by atoms with Crippen LogP contribution in [0.5, 0.6) is 0 Å². The van der Waals surface area contributed by atoms with Gasteiger partial charge < -0.3 is 4.90 Å². The second-order valence-corrected chi connectivity index (χ2v) is 14.4. The summed E-state index contributed by atoms with van der Waals surface area (Å²) in [6.07, 6.45) is 10.5. The van der Waals surface area contributed by atoms with E-state index in [0.717, 1.165) is 38.3 Å². The molecular weight excluding hydrogens is 552 g/mol. The Kier molecular flexibility index (Phi) is 8.25. The molecule has 226 valence electrons. The summed E-state index contributed by atoms with van der Waals surface area (Å²) < 4.78 is 28.7. The van der Waals surface area contributed by atoms with Gasteiger partial charge in [0.2, 0.25) is 10.0 Å². The quantitative estimate of drug-likeness (QED) is 0.368. The highest BCUT2D eigenvalue weighted by molar-refractivity contribution is 7.89. The van der Waals surface area contributed by atoms with Crippen LogP contribution in [0.3, 0.4) is 0 Å². The third kappa shape index (κ3) is 6.04. The van der Waals surface area contributed by atoms with Gasteiger partial charge in [0.1, 0.15) is 5.66 Å². The van der Waals surface area contributed by atoms with Gasteiger partial charge in [-0.2, -0.15) is 4.31 Å². The number of hydroxylamine groups is 1. The summed E-state index contributed by atoms with van der Waals surface area (Å²) in [5.74, 6) is 0.709. The maximum absolute atomic E-state index is 13.6. The van der Waals surface area contributed by atoms with Crippen LogP contribution in [0.4, 0.5) is 0 Å². The number of aliphatic imine (C=N–C) groups is 1. The lowest BCUT2D eigenvalue weighted by atomic mass is 9.94. The SMILES string of the molecule is CN1CCN(CC2=CC(c3ccc(S(=O)(=O)N4CCN(C5(C)CCC=C(C(=O)NO)C=N5)CC4)cc3)=CC3CC23)CC1. The highest BCUT2D eigenvalue weighted by Crippen LogP contribution is 2.50. The zero-order chi connectivity index (χ0) is 29.5. The maximum Gasteiger partial charge on any atom is 0.275 e. The zero-order valence-corrected chi connectivity index (χ0v) is 25.4. The number of piperazine rings is 2. The molecule has 3 heterocycles. The molecule has 1 aromatic carbocycles. The average Bonchev–Trinajstić information content (AvgIpc) is 3.82. The Morgan fingerprint density at radius 1 is 1.07 bits per heavy atom. The van der Waals surface area contributed by atoms with Gasteiger partial charge >= 0.3 is 0 Å². The van der Waals surface area contributed by atoms with E-state index in [0.29, 0.717) is 61.3 Å². The number of carbonyl (C=O) groups is 1. The smallest absolute Gasteiger partial charge is 0.275 e. The molecule has 2 saturated heterocycles. The number of sulfonamides is 1. The van der Waals surface area contributed by atoms with Crippen molar-refractivity contribution in [2.24, 2.45) is 16.8 Å². The first-order valence-electron chi connectivity index (χ1n) is 15.0. The third-order valence-corrected chi connectivity index (χ3v) is 11.5. The van der Waals surface area contributed by atoms with E-state index >= 15 is 0 Å². The first-order chi connectivity index (χ1) is 20.2. The van der Waals surface area contributed by atoms with E-state index < -0.39 is 21.6 Å². The number of benzene rings is 1. The fourth-order valence-corrected chi connectivity index (χ4v) is 8.10. The molecule has 0 aromatic heterocycles. The van der Waals surface area contributed by atoms with E-state index in [2.05, 4.69) is 38.9 Å². The van der Waals surface area contributed by atoms with E-state index in [1.54, 1.807) is 28.0 Å². The van der Waals surface area contributed by atoms with Crippen molar-refractivity contribution >= 4 is 27.7 Å². The second kappa shape index (κ2) is 11.8. The molecule has 2 aliphatic carbocycles. The van der Waals surface area contributed by atoms with Crippen molar-refractivity contribution in [1.29, 1.82) is 0 Å². The summed E-state index contributed by atoms with van der Waals surface area (Å²) in [7, 11) is -1.44. The zero-order valence-electron chi connectivity index (χ0n) is 24.6. The van der Waals surface area contributed by atoms with E-state index in [9.17, 15) is 13.2 Å². The Bertz CT molecular complexity index is 1420. The van der Waals surface area contributed by atoms with Gasteiger partial charge in [0.25, 0.3) is 5.91 Å².